The summed E-state index contributed by atoms with van der Waals surface area (Å²) in [4.78, 5) is 27.1. The van der Waals surface area contributed by atoms with Gasteiger partial charge in [0, 0.05) is 19.6 Å². The Kier molecular flexibility index (Phi) is 6.13. The second kappa shape index (κ2) is 7.80. The summed E-state index contributed by atoms with van der Waals surface area (Å²) >= 11 is 12.4. The first-order valence-electron chi connectivity index (χ1n) is 8.04. The molecule has 1 amide bonds. The number of nitrogens with zero attached hydrogens (tertiary/aromatic N) is 2. The topological polar surface area (TPSA) is 79.3 Å². The minimum Gasteiger partial charge on any atom is -0.495 e. The van der Waals surface area contributed by atoms with Crippen LogP contribution in [0.15, 0.2) is 12.1 Å². The number of hydrogen-bond acceptors (Lipinski definition) is 5. The zero-order valence-corrected chi connectivity index (χ0v) is 16.6. The molecule has 1 fully saturated rings. The number of amides is 1. The lowest BCUT2D eigenvalue weighted by atomic mass is 10.1. The Balaban J connectivity index is 2.30. The summed E-state index contributed by atoms with van der Waals surface area (Å²) in [5, 5.41) is 10.2. The smallest absolute Gasteiger partial charge is 0.411 e. The van der Waals surface area contributed by atoms with Crippen molar-refractivity contribution in [3.05, 3.63) is 22.2 Å². The van der Waals surface area contributed by atoms with Gasteiger partial charge >= 0.3 is 12.1 Å². The lowest BCUT2D eigenvalue weighted by molar-refractivity contribution is -0.143. The minimum atomic E-state index is -1.13. The molecule has 1 aliphatic heterocycles. The molecule has 1 N–H and O–H groups in total. The SMILES string of the molecule is COc1ccc(Cl)c(Cl)c1N1CCN(C(=O)OC(C)(C)C)C(C(=O)O)C1. The molecular formula is C17H22Cl2N2O5. The van der Waals surface area contributed by atoms with Crippen LogP contribution >= 0.6 is 23.2 Å². The third-order valence-corrected chi connectivity index (χ3v) is 4.66. The van der Waals surface area contributed by atoms with Crippen LogP contribution in [0.4, 0.5) is 10.5 Å². The number of carboxylic acids is 1. The van der Waals surface area contributed by atoms with E-state index in [2.05, 4.69) is 0 Å². The number of benzene rings is 1. The molecule has 0 bridgehead atoms. The maximum atomic E-state index is 12.4. The third kappa shape index (κ3) is 4.45. The van der Waals surface area contributed by atoms with E-state index >= 15 is 0 Å². The van der Waals surface area contributed by atoms with E-state index in [1.807, 2.05) is 0 Å². The molecule has 1 aromatic carbocycles. The van der Waals surface area contributed by atoms with Crippen LogP contribution in [0.2, 0.25) is 10.0 Å². The Labute approximate surface area is 162 Å². The fourth-order valence-electron chi connectivity index (χ4n) is 2.72. The van der Waals surface area contributed by atoms with E-state index in [1.165, 1.54) is 12.0 Å². The number of rotatable bonds is 3. The Bertz CT molecular complexity index is 705. The first-order valence-corrected chi connectivity index (χ1v) is 8.80. The Morgan fingerprint density at radius 3 is 2.42 bits per heavy atom. The standard InChI is InChI=1S/C17H22Cl2N2O5/c1-17(2,3)26-16(24)21-8-7-20(9-11(21)15(22)23)14-12(25-4)6-5-10(18)13(14)19/h5-6,11H,7-9H2,1-4H3,(H,22,23). The molecule has 1 atom stereocenters. The molecule has 1 saturated heterocycles. The fourth-order valence-corrected chi connectivity index (χ4v) is 3.15. The molecule has 2 rings (SSSR count). The molecule has 1 aromatic rings. The maximum absolute atomic E-state index is 12.4. The molecular weight excluding hydrogens is 383 g/mol. The highest BCUT2D eigenvalue weighted by molar-refractivity contribution is 6.44. The molecule has 0 saturated carbocycles. The van der Waals surface area contributed by atoms with Gasteiger partial charge in [0.15, 0.2) is 0 Å². The van der Waals surface area contributed by atoms with E-state index in [1.54, 1.807) is 37.8 Å². The second-order valence-corrected chi connectivity index (χ2v) is 7.67. The molecule has 144 valence electrons. The van der Waals surface area contributed by atoms with Crippen molar-refractivity contribution in [2.75, 3.05) is 31.6 Å². The van der Waals surface area contributed by atoms with Gasteiger partial charge in [0.2, 0.25) is 0 Å². The van der Waals surface area contributed by atoms with Gasteiger partial charge in [-0.2, -0.15) is 0 Å². The average molecular weight is 405 g/mol. The van der Waals surface area contributed by atoms with Crippen molar-refractivity contribution in [1.82, 2.24) is 4.90 Å². The van der Waals surface area contributed by atoms with Gasteiger partial charge in [-0.25, -0.2) is 9.59 Å². The van der Waals surface area contributed by atoms with E-state index in [4.69, 9.17) is 32.7 Å². The number of carboxylic acid groups (broad SMARTS) is 1. The predicted molar refractivity (Wildman–Crippen MR) is 99.6 cm³/mol. The van der Waals surface area contributed by atoms with Gasteiger partial charge in [0.1, 0.15) is 17.4 Å². The molecule has 1 heterocycles. The largest absolute Gasteiger partial charge is 0.495 e. The number of anilines is 1. The number of methoxy groups -OCH3 is 1. The Morgan fingerprint density at radius 1 is 1.23 bits per heavy atom. The highest BCUT2D eigenvalue weighted by Gasteiger charge is 2.38. The van der Waals surface area contributed by atoms with Crippen molar-refractivity contribution < 1.29 is 24.2 Å². The normalized spacial score (nSPS) is 17.8. The van der Waals surface area contributed by atoms with E-state index < -0.39 is 23.7 Å². The molecule has 0 spiro atoms. The average Bonchev–Trinajstić information content (AvgIpc) is 2.55. The van der Waals surface area contributed by atoms with Crippen LogP contribution in [0.1, 0.15) is 20.8 Å². The number of carbonyl (C=O) groups excluding carboxylic acids is 1. The molecule has 1 aliphatic rings. The number of aliphatic carboxylic acids is 1. The van der Waals surface area contributed by atoms with Gasteiger partial charge in [-0.3, -0.25) is 4.90 Å². The van der Waals surface area contributed by atoms with Crippen molar-refractivity contribution in [1.29, 1.82) is 0 Å². The lowest BCUT2D eigenvalue weighted by Gasteiger charge is -2.41. The van der Waals surface area contributed by atoms with Crippen molar-refractivity contribution in [3.63, 3.8) is 0 Å². The van der Waals surface area contributed by atoms with Crippen molar-refractivity contribution >= 4 is 41.0 Å². The second-order valence-electron chi connectivity index (χ2n) is 6.89. The van der Waals surface area contributed by atoms with E-state index in [0.29, 0.717) is 23.0 Å². The lowest BCUT2D eigenvalue weighted by Crippen LogP contribution is -2.59. The first-order chi connectivity index (χ1) is 12.0. The predicted octanol–water partition coefficient (Wildman–Crippen LogP) is 3.51. The van der Waals surface area contributed by atoms with E-state index in [9.17, 15) is 14.7 Å². The molecule has 26 heavy (non-hydrogen) atoms. The number of piperazine rings is 1. The number of carbonyl (C=O) groups is 2. The molecule has 0 radical (unpaired) electrons. The fraction of sp³-hybridized carbons (Fsp3) is 0.529. The van der Waals surface area contributed by atoms with Crippen LogP contribution in [-0.4, -0.2) is 60.5 Å². The summed E-state index contributed by atoms with van der Waals surface area (Å²) in [6.07, 6.45) is -0.659. The summed E-state index contributed by atoms with van der Waals surface area (Å²) in [5.41, 5.74) is -0.201. The van der Waals surface area contributed by atoms with Gasteiger partial charge in [-0.1, -0.05) is 23.2 Å². The molecule has 0 aromatic heterocycles. The number of halogens is 2. The van der Waals surface area contributed by atoms with Gasteiger partial charge in [0.05, 0.1) is 22.8 Å². The van der Waals surface area contributed by atoms with Crippen LogP contribution in [0, 0.1) is 0 Å². The minimum absolute atomic E-state index is 0.0327. The van der Waals surface area contributed by atoms with Crippen LogP contribution < -0.4 is 9.64 Å². The van der Waals surface area contributed by atoms with Crippen molar-refractivity contribution in [2.24, 2.45) is 0 Å². The first kappa shape index (κ1) is 20.5. The molecule has 1 unspecified atom stereocenters. The summed E-state index contributed by atoms with van der Waals surface area (Å²) in [6, 6.07) is 2.19. The molecule has 0 aliphatic carbocycles. The quantitative estimate of drug-likeness (QED) is 0.829. The van der Waals surface area contributed by atoms with Gasteiger partial charge in [-0.05, 0) is 32.9 Å². The van der Waals surface area contributed by atoms with Crippen LogP contribution in [-0.2, 0) is 9.53 Å². The third-order valence-electron chi connectivity index (χ3n) is 3.86. The summed E-state index contributed by atoms with van der Waals surface area (Å²) in [5.74, 6) is -0.646. The number of ether oxygens (including phenoxy) is 2. The molecule has 7 nitrogen and oxygen atoms in total. The van der Waals surface area contributed by atoms with Crippen molar-refractivity contribution in [2.45, 2.75) is 32.4 Å². The van der Waals surface area contributed by atoms with Crippen molar-refractivity contribution in [3.8, 4) is 5.75 Å². The van der Waals surface area contributed by atoms with Gasteiger partial charge in [-0.15, -0.1) is 0 Å². The monoisotopic (exact) mass is 404 g/mol. The van der Waals surface area contributed by atoms with Gasteiger partial charge < -0.3 is 19.5 Å². The van der Waals surface area contributed by atoms with Crippen LogP contribution in [0.5, 0.6) is 5.75 Å². The van der Waals surface area contributed by atoms with Crippen LogP contribution in [0.25, 0.3) is 0 Å². The Hall–Kier alpha value is -1.86. The highest BCUT2D eigenvalue weighted by atomic mass is 35.5. The summed E-state index contributed by atoms with van der Waals surface area (Å²) < 4.78 is 10.7. The highest BCUT2D eigenvalue weighted by Crippen LogP contribution is 2.41. The van der Waals surface area contributed by atoms with Crippen LogP contribution in [0.3, 0.4) is 0 Å². The molecule has 9 heteroatoms. The zero-order chi connectivity index (χ0) is 19.6. The van der Waals surface area contributed by atoms with E-state index in [0.717, 1.165) is 0 Å². The summed E-state index contributed by atoms with van der Waals surface area (Å²) in [6.45, 7) is 5.75. The van der Waals surface area contributed by atoms with E-state index in [-0.39, 0.29) is 18.1 Å². The Morgan fingerprint density at radius 2 is 1.88 bits per heavy atom. The maximum Gasteiger partial charge on any atom is 0.411 e. The van der Waals surface area contributed by atoms with Gasteiger partial charge in [0.25, 0.3) is 0 Å². The number of hydrogen-bond donors (Lipinski definition) is 1. The zero-order valence-electron chi connectivity index (χ0n) is 15.1. The summed E-state index contributed by atoms with van der Waals surface area (Å²) in [7, 11) is 1.49.